The molecule has 0 aromatic heterocycles. The maximum absolute atomic E-state index is 12.6. The summed E-state index contributed by atoms with van der Waals surface area (Å²) >= 11 is 0. The number of cyclic esters (lactones) is 2. The van der Waals surface area contributed by atoms with Crippen molar-refractivity contribution in [3.05, 3.63) is 0 Å². The summed E-state index contributed by atoms with van der Waals surface area (Å²) in [6.07, 6.45) is -1.37. The van der Waals surface area contributed by atoms with Gasteiger partial charge in [-0.2, -0.15) is 0 Å². The summed E-state index contributed by atoms with van der Waals surface area (Å²) in [5, 5.41) is 0. The van der Waals surface area contributed by atoms with Crippen LogP contribution >= 0.6 is 0 Å². The van der Waals surface area contributed by atoms with Crippen LogP contribution in [0.1, 0.15) is 68.2 Å². The summed E-state index contributed by atoms with van der Waals surface area (Å²) in [7, 11) is 0. The highest BCUT2D eigenvalue weighted by atomic mass is 16.7. The Morgan fingerprint density at radius 3 is 1.38 bits per heavy atom. The van der Waals surface area contributed by atoms with Crippen molar-refractivity contribution in [1.29, 1.82) is 0 Å². The number of carbonyl (C=O) groups is 4. The first-order chi connectivity index (χ1) is 11.5. The average Bonchev–Trinajstić information content (AvgIpc) is 2.29. The van der Waals surface area contributed by atoms with Crippen molar-refractivity contribution in [1.82, 2.24) is 0 Å². The van der Waals surface area contributed by atoms with Gasteiger partial charge in [-0.1, -0.05) is 0 Å². The lowest BCUT2D eigenvalue weighted by molar-refractivity contribution is -0.254. The molecule has 0 saturated carbocycles. The Labute approximate surface area is 153 Å². The number of esters is 4. The number of carbonyl (C=O) groups excluding carboxylic acids is 4. The van der Waals surface area contributed by atoms with Crippen molar-refractivity contribution < 1.29 is 38.1 Å². The molecule has 1 heterocycles. The molecule has 0 radical (unpaired) electrons. The highest BCUT2D eigenvalue weighted by molar-refractivity contribution is 6.07. The van der Waals surface area contributed by atoms with Gasteiger partial charge in [-0.3, -0.25) is 19.2 Å². The molecular weight excluding hydrogens is 344 g/mol. The van der Waals surface area contributed by atoms with Gasteiger partial charge in [-0.05, 0) is 41.5 Å². The fourth-order valence-corrected chi connectivity index (χ4v) is 2.35. The molecule has 8 heteroatoms. The summed E-state index contributed by atoms with van der Waals surface area (Å²) in [4.78, 5) is 49.7. The zero-order valence-electron chi connectivity index (χ0n) is 16.7. The topological polar surface area (TPSA) is 105 Å². The number of rotatable bonds is 4. The summed E-state index contributed by atoms with van der Waals surface area (Å²) < 4.78 is 20.6. The van der Waals surface area contributed by atoms with Gasteiger partial charge in [0.05, 0.1) is 12.8 Å². The number of hydrogen-bond donors (Lipinski definition) is 0. The Morgan fingerprint density at radius 1 is 0.808 bits per heavy atom. The molecule has 8 nitrogen and oxygen atoms in total. The van der Waals surface area contributed by atoms with E-state index < -0.39 is 59.1 Å². The Bertz CT molecular complexity index is 552. The van der Waals surface area contributed by atoms with Gasteiger partial charge in [0.2, 0.25) is 0 Å². The van der Waals surface area contributed by atoms with E-state index in [4.69, 9.17) is 18.9 Å². The van der Waals surface area contributed by atoms with Crippen molar-refractivity contribution >= 4 is 23.9 Å². The van der Waals surface area contributed by atoms with Crippen LogP contribution in [0.2, 0.25) is 0 Å². The highest BCUT2D eigenvalue weighted by Gasteiger charge is 2.59. The van der Waals surface area contributed by atoms with Gasteiger partial charge in [0, 0.05) is 13.8 Å². The first-order valence-corrected chi connectivity index (χ1v) is 8.36. The molecule has 1 aliphatic heterocycles. The highest BCUT2D eigenvalue weighted by Crippen LogP contribution is 2.39. The third-order valence-corrected chi connectivity index (χ3v) is 3.19. The Hall–Kier alpha value is -2.12. The van der Waals surface area contributed by atoms with E-state index in [0.29, 0.717) is 0 Å². The maximum atomic E-state index is 12.6. The second-order valence-corrected chi connectivity index (χ2v) is 8.79. The lowest BCUT2D eigenvalue weighted by Gasteiger charge is -2.39. The summed E-state index contributed by atoms with van der Waals surface area (Å²) in [6.45, 7) is 12.6. The first kappa shape index (κ1) is 21.9. The molecule has 0 aliphatic carbocycles. The monoisotopic (exact) mass is 372 g/mol. The summed E-state index contributed by atoms with van der Waals surface area (Å²) in [5.74, 6) is -5.17. The minimum Gasteiger partial charge on any atom is -0.460 e. The van der Waals surface area contributed by atoms with Gasteiger partial charge in [0.1, 0.15) is 11.2 Å². The normalized spacial score (nSPS) is 19.2. The molecule has 1 rings (SSSR count). The fraction of sp³-hybridized carbons (Fsp3) is 0.778. The molecule has 0 spiro atoms. The van der Waals surface area contributed by atoms with Crippen molar-refractivity contribution in [2.24, 2.45) is 5.41 Å². The van der Waals surface area contributed by atoms with Crippen molar-refractivity contribution in [2.45, 2.75) is 85.2 Å². The van der Waals surface area contributed by atoms with E-state index in [2.05, 4.69) is 0 Å². The lowest BCUT2D eigenvalue weighted by Crippen LogP contribution is -2.56. The molecule has 0 unspecified atom stereocenters. The third kappa shape index (κ3) is 6.00. The molecule has 148 valence electrons. The van der Waals surface area contributed by atoms with Crippen LogP contribution in [0.15, 0.2) is 0 Å². The van der Waals surface area contributed by atoms with Crippen LogP contribution in [0, 0.1) is 5.41 Å². The second kappa shape index (κ2) is 6.89. The molecule has 0 amide bonds. The summed E-state index contributed by atoms with van der Waals surface area (Å²) in [5.41, 5.74) is -3.79. The van der Waals surface area contributed by atoms with E-state index in [1.807, 2.05) is 0 Å². The van der Waals surface area contributed by atoms with Crippen LogP contribution in [0.3, 0.4) is 0 Å². The van der Waals surface area contributed by atoms with E-state index >= 15 is 0 Å². The zero-order chi connectivity index (χ0) is 20.6. The predicted molar refractivity (Wildman–Crippen MR) is 89.6 cm³/mol. The van der Waals surface area contributed by atoms with Gasteiger partial charge < -0.3 is 18.9 Å². The Kier molecular flexibility index (Phi) is 5.81. The minimum atomic E-state index is -2.14. The van der Waals surface area contributed by atoms with Crippen LogP contribution in [0.5, 0.6) is 0 Å². The molecule has 0 bridgehead atoms. The van der Waals surface area contributed by atoms with E-state index in [-0.39, 0.29) is 0 Å². The van der Waals surface area contributed by atoms with Gasteiger partial charge in [-0.15, -0.1) is 0 Å². The zero-order valence-corrected chi connectivity index (χ0v) is 16.7. The molecule has 0 N–H and O–H groups in total. The van der Waals surface area contributed by atoms with Gasteiger partial charge in [0.25, 0.3) is 5.79 Å². The number of ether oxygens (including phenoxy) is 4. The maximum Gasteiger partial charge on any atom is 0.327 e. The molecule has 26 heavy (non-hydrogen) atoms. The SMILES string of the molecule is CC(C)(C)OC(=O)CC1(CC(=O)OC(C)(C)C)C(=O)OC(C)(C)OC1=O. The second-order valence-electron chi connectivity index (χ2n) is 8.79. The van der Waals surface area contributed by atoms with E-state index in [1.165, 1.54) is 13.8 Å². The Balaban J connectivity index is 3.17. The van der Waals surface area contributed by atoms with Crippen LogP contribution in [-0.4, -0.2) is 40.9 Å². The van der Waals surface area contributed by atoms with E-state index in [0.717, 1.165) is 0 Å². The van der Waals surface area contributed by atoms with E-state index in [9.17, 15) is 19.2 Å². The standard InChI is InChI=1S/C18H28O8/c1-15(2,3)23-11(19)9-18(10-12(20)24-16(4,5)6)13(21)25-17(7,8)26-14(18)22/h9-10H2,1-8H3. The fourth-order valence-electron chi connectivity index (χ4n) is 2.35. The van der Waals surface area contributed by atoms with Gasteiger partial charge in [0.15, 0.2) is 5.41 Å². The van der Waals surface area contributed by atoms with Crippen LogP contribution in [0.25, 0.3) is 0 Å². The average molecular weight is 372 g/mol. The lowest BCUT2D eigenvalue weighted by atomic mass is 9.80. The van der Waals surface area contributed by atoms with Crippen LogP contribution in [0.4, 0.5) is 0 Å². The molecule has 0 aromatic rings. The molecule has 1 aliphatic rings. The van der Waals surface area contributed by atoms with Crippen LogP contribution in [-0.2, 0) is 38.1 Å². The molecular formula is C18H28O8. The van der Waals surface area contributed by atoms with Crippen molar-refractivity contribution in [3.8, 4) is 0 Å². The number of hydrogen-bond acceptors (Lipinski definition) is 8. The first-order valence-electron chi connectivity index (χ1n) is 8.36. The molecule has 0 aromatic carbocycles. The third-order valence-electron chi connectivity index (χ3n) is 3.19. The van der Waals surface area contributed by atoms with Crippen molar-refractivity contribution in [2.75, 3.05) is 0 Å². The molecule has 1 saturated heterocycles. The molecule has 0 atom stereocenters. The minimum absolute atomic E-state index is 0.683. The van der Waals surface area contributed by atoms with Crippen molar-refractivity contribution in [3.63, 3.8) is 0 Å². The quantitative estimate of drug-likeness (QED) is 0.420. The van der Waals surface area contributed by atoms with Gasteiger partial charge >= 0.3 is 23.9 Å². The predicted octanol–water partition coefficient (Wildman–Crippen LogP) is 2.27. The van der Waals surface area contributed by atoms with E-state index in [1.54, 1.807) is 41.5 Å². The largest absolute Gasteiger partial charge is 0.460 e. The van der Waals surface area contributed by atoms with Crippen LogP contribution < -0.4 is 0 Å². The smallest absolute Gasteiger partial charge is 0.327 e. The van der Waals surface area contributed by atoms with Gasteiger partial charge in [-0.25, -0.2) is 0 Å². The summed E-state index contributed by atoms with van der Waals surface area (Å²) in [6, 6.07) is 0. The molecule has 1 fully saturated rings. The Morgan fingerprint density at radius 2 is 1.12 bits per heavy atom.